The molecule has 1 radical (unpaired) electrons. The summed E-state index contributed by atoms with van der Waals surface area (Å²) in [5.41, 5.74) is 2.13. The van der Waals surface area contributed by atoms with E-state index in [0.717, 1.165) is 11.1 Å². The molecule has 0 bridgehead atoms. The summed E-state index contributed by atoms with van der Waals surface area (Å²) >= 11 is 0. The van der Waals surface area contributed by atoms with Crippen molar-refractivity contribution in [1.29, 1.82) is 0 Å². The molecule has 2 heteroatoms. The predicted octanol–water partition coefficient (Wildman–Crippen LogP) is 2.24. The first-order valence-corrected chi connectivity index (χ1v) is 3.39. The maximum Gasteiger partial charge on any atom is 0 e. The number of hydrogen-bond acceptors (Lipinski definition) is 1. The molecule has 1 aromatic carbocycles. The van der Waals surface area contributed by atoms with E-state index >= 15 is 0 Å². The van der Waals surface area contributed by atoms with Gasteiger partial charge in [-0.2, -0.15) is 0 Å². The molecule has 0 N–H and O–H groups in total. The van der Waals surface area contributed by atoms with Crippen molar-refractivity contribution in [3.8, 4) is 0 Å². The van der Waals surface area contributed by atoms with Gasteiger partial charge in [0.2, 0.25) is 0 Å². The van der Waals surface area contributed by atoms with Gasteiger partial charge in [-0.15, -0.1) is 29.3 Å². The molecule has 12 heavy (non-hydrogen) atoms. The van der Waals surface area contributed by atoms with Gasteiger partial charge in [0, 0.05) is 32.7 Å². The second-order valence-electron chi connectivity index (χ2n) is 2.20. The van der Waals surface area contributed by atoms with Crippen LogP contribution in [0, 0.1) is 13.5 Å². The molecule has 0 aromatic heterocycles. The third-order valence-electron chi connectivity index (χ3n) is 1.40. The van der Waals surface area contributed by atoms with Gasteiger partial charge in [-0.05, 0) is 6.21 Å². The van der Waals surface area contributed by atoms with Crippen molar-refractivity contribution >= 4 is 6.21 Å². The Kier molecular flexibility index (Phi) is 6.13. The molecular weight excluding hydrogens is 223 g/mol. The Balaban J connectivity index is 0.00000121. The molecule has 0 amide bonds. The average Bonchev–Trinajstić information content (AvgIpc) is 2.03. The van der Waals surface area contributed by atoms with Crippen LogP contribution in [-0.4, -0.2) is 6.21 Å². The van der Waals surface area contributed by atoms with Crippen molar-refractivity contribution < 1.29 is 32.7 Å². The van der Waals surface area contributed by atoms with Gasteiger partial charge in [-0.25, -0.2) is 6.20 Å². The van der Waals surface area contributed by atoms with Crippen LogP contribution in [0.1, 0.15) is 11.1 Å². The molecule has 0 fully saturated rings. The molecule has 1 rings (SSSR count). The summed E-state index contributed by atoms with van der Waals surface area (Å²) in [7, 11) is 0. The minimum Gasteiger partial charge on any atom is -0.548 e. The Labute approximate surface area is 98.5 Å². The van der Waals surface area contributed by atoms with Crippen molar-refractivity contribution in [3.05, 3.63) is 48.2 Å². The average molecular weight is 232 g/mol. The molecule has 0 spiro atoms. The molecule has 1 aromatic rings. The molecule has 0 heterocycles. The fourth-order valence-corrected chi connectivity index (χ4v) is 0.805. The van der Waals surface area contributed by atoms with Crippen LogP contribution in [0.25, 0.3) is 0 Å². The Morgan fingerprint density at radius 1 is 1.42 bits per heavy atom. The van der Waals surface area contributed by atoms with Gasteiger partial charge in [0.1, 0.15) is 0 Å². The van der Waals surface area contributed by atoms with E-state index in [2.05, 4.69) is 11.2 Å². The van der Waals surface area contributed by atoms with Gasteiger partial charge in [-0.1, -0.05) is 13.0 Å². The molecule has 59 valence electrons. The van der Waals surface area contributed by atoms with Crippen LogP contribution in [-0.2, 0) is 32.7 Å². The third-order valence-corrected chi connectivity index (χ3v) is 1.40. The van der Waals surface area contributed by atoms with E-state index in [0.29, 0.717) is 0 Å². The minimum atomic E-state index is 0. The number of rotatable bonds is 2. The van der Waals surface area contributed by atoms with E-state index in [4.69, 9.17) is 6.58 Å². The van der Waals surface area contributed by atoms with Crippen molar-refractivity contribution in [2.75, 3.05) is 0 Å². The third kappa shape index (κ3) is 3.42. The summed E-state index contributed by atoms with van der Waals surface area (Å²) in [6.07, 6.45) is 4.04. The second-order valence-corrected chi connectivity index (χ2v) is 2.20. The largest absolute Gasteiger partial charge is 0.548 e. The number of nitrogens with zero attached hydrogens (tertiary/aromatic N) is 1. The fraction of sp³-hybridized carbons (Fsp3) is 0.100. The molecule has 1 nitrogen and oxygen atoms in total. The van der Waals surface area contributed by atoms with Crippen LogP contribution in [0.2, 0.25) is 0 Å². The number of hydrogen-bond donors (Lipinski definition) is 0. The van der Waals surface area contributed by atoms with Crippen LogP contribution >= 0.6 is 0 Å². The van der Waals surface area contributed by atoms with Crippen molar-refractivity contribution in [3.63, 3.8) is 0 Å². The van der Waals surface area contributed by atoms with Gasteiger partial charge in [0.05, 0.1) is 0 Å². The van der Waals surface area contributed by atoms with E-state index in [1.165, 1.54) is 6.20 Å². The Hall–Kier alpha value is -0.266. The second kappa shape index (κ2) is 6.27. The molecule has 0 atom stereocenters. The molecule has 0 saturated carbocycles. The van der Waals surface area contributed by atoms with E-state index in [9.17, 15) is 0 Å². The summed E-state index contributed by atoms with van der Waals surface area (Å²) in [4.78, 5) is 3.71. The summed E-state index contributed by atoms with van der Waals surface area (Å²) in [6.45, 7) is 7.08. The maximum atomic E-state index is 5.07. The summed E-state index contributed by atoms with van der Waals surface area (Å²) in [5.74, 6) is 0. The zero-order valence-electron chi connectivity index (χ0n) is 6.99. The first-order valence-electron chi connectivity index (χ1n) is 3.39. The monoisotopic (exact) mass is 232 g/mol. The minimum absolute atomic E-state index is 0. The van der Waals surface area contributed by atoms with E-state index < -0.39 is 0 Å². The first-order chi connectivity index (χ1) is 5.34. The topological polar surface area (TPSA) is 12.4 Å². The zero-order valence-corrected chi connectivity index (χ0v) is 9.83. The zero-order chi connectivity index (χ0) is 8.10. The summed E-state index contributed by atoms with van der Waals surface area (Å²) in [6, 6.07) is 7.88. The van der Waals surface area contributed by atoms with Gasteiger partial charge in [0.15, 0.2) is 0 Å². The maximum absolute atomic E-state index is 5.07. The van der Waals surface area contributed by atoms with Crippen molar-refractivity contribution in [1.82, 2.24) is 0 Å². The van der Waals surface area contributed by atoms with Crippen LogP contribution in [0.15, 0.2) is 35.5 Å². The first kappa shape index (κ1) is 11.7. The SMILES string of the molecule is [CH-]=CN=[C-]c1ccccc1C.[Y]. The molecule has 0 aliphatic rings. The smallest absolute Gasteiger partial charge is 0 e. The standard InChI is InChI=1S/C10H9N.Y/c1-3-11-8-10-7-5-4-6-9(10)2;/h1,3-7H,2H3;/q-2;. The number of aryl methyl sites for hydroxylation is 1. The molecular formula is C10H9NY-2. The van der Waals surface area contributed by atoms with Gasteiger partial charge in [-0.3, -0.25) is 0 Å². The number of benzene rings is 1. The predicted molar refractivity (Wildman–Crippen MR) is 46.6 cm³/mol. The van der Waals surface area contributed by atoms with Gasteiger partial charge in [0.25, 0.3) is 0 Å². The Morgan fingerprint density at radius 2 is 2.08 bits per heavy atom. The molecule has 0 aliphatic heterocycles. The van der Waals surface area contributed by atoms with Crippen LogP contribution in [0.5, 0.6) is 0 Å². The van der Waals surface area contributed by atoms with Gasteiger partial charge < -0.3 is 11.6 Å². The summed E-state index contributed by atoms with van der Waals surface area (Å²) < 4.78 is 0. The Bertz CT molecular complexity index is 279. The van der Waals surface area contributed by atoms with Gasteiger partial charge >= 0.3 is 0 Å². The molecule has 0 aliphatic carbocycles. The van der Waals surface area contributed by atoms with E-state index in [1.54, 1.807) is 0 Å². The number of aliphatic imine (C=N–C) groups is 1. The van der Waals surface area contributed by atoms with E-state index in [-0.39, 0.29) is 32.7 Å². The van der Waals surface area contributed by atoms with E-state index in [1.807, 2.05) is 31.2 Å². The fourth-order valence-electron chi connectivity index (χ4n) is 0.805. The van der Waals surface area contributed by atoms with Crippen molar-refractivity contribution in [2.24, 2.45) is 4.99 Å². The van der Waals surface area contributed by atoms with Crippen molar-refractivity contribution in [2.45, 2.75) is 6.92 Å². The summed E-state index contributed by atoms with van der Waals surface area (Å²) in [5, 5.41) is 0. The Morgan fingerprint density at radius 3 is 2.67 bits per heavy atom. The normalized spacial score (nSPS) is 9.42. The molecule has 0 unspecified atom stereocenters. The van der Waals surface area contributed by atoms with Crippen LogP contribution in [0.4, 0.5) is 0 Å². The quantitative estimate of drug-likeness (QED) is 0.547. The van der Waals surface area contributed by atoms with Crippen LogP contribution < -0.4 is 0 Å². The molecule has 0 saturated heterocycles. The van der Waals surface area contributed by atoms with Crippen LogP contribution in [0.3, 0.4) is 0 Å².